The maximum Gasteiger partial charge on any atom is 0.254 e. The van der Waals surface area contributed by atoms with Crippen molar-refractivity contribution in [2.75, 3.05) is 13.1 Å². The highest BCUT2D eigenvalue weighted by Gasteiger charge is 2.26. The van der Waals surface area contributed by atoms with E-state index in [2.05, 4.69) is 41.7 Å². The Kier molecular flexibility index (Phi) is 5.46. The van der Waals surface area contributed by atoms with Crippen LogP contribution in [0.5, 0.6) is 0 Å². The number of hydrogen-bond donors (Lipinski definition) is 1. The first kappa shape index (κ1) is 19.8. The lowest BCUT2D eigenvalue weighted by Gasteiger charge is -2.32. The second-order valence-electron chi connectivity index (χ2n) is 8.73. The molecule has 0 spiro atoms. The van der Waals surface area contributed by atoms with E-state index in [-0.39, 0.29) is 17.9 Å². The second-order valence-corrected chi connectivity index (χ2v) is 8.73. The Bertz CT molecular complexity index is 1100. The first-order chi connectivity index (χ1) is 15.2. The van der Waals surface area contributed by atoms with Gasteiger partial charge in [0.2, 0.25) is 5.91 Å². The molecule has 4 nitrogen and oxygen atoms in total. The minimum atomic E-state index is 0.0983. The lowest BCUT2D eigenvalue weighted by molar-refractivity contribution is -0.122. The van der Waals surface area contributed by atoms with Gasteiger partial charge in [-0.3, -0.25) is 9.59 Å². The predicted octanol–water partition coefficient (Wildman–Crippen LogP) is 4.29. The topological polar surface area (TPSA) is 49.4 Å². The molecule has 0 saturated carbocycles. The summed E-state index contributed by atoms with van der Waals surface area (Å²) in [5, 5.41) is 5.54. The lowest BCUT2D eigenvalue weighted by Crippen LogP contribution is -2.46. The van der Waals surface area contributed by atoms with Gasteiger partial charge in [-0.25, -0.2) is 0 Å². The Morgan fingerprint density at radius 1 is 0.871 bits per heavy atom. The van der Waals surface area contributed by atoms with Crippen LogP contribution in [-0.2, 0) is 24.1 Å². The highest BCUT2D eigenvalue weighted by atomic mass is 16.2. The van der Waals surface area contributed by atoms with Crippen LogP contribution >= 0.6 is 0 Å². The summed E-state index contributed by atoms with van der Waals surface area (Å²) in [6, 6.07) is 20.7. The van der Waals surface area contributed by atoms with E-state index >= 15 is 0 Å². The van der Waals surface area contributed by atoms with Crippen molar-refractivity contribution in [3.63, 3.8) is 0 Å². The van der Waals surface area contributed by atoms with Gasteiger partial charge in [0.25, 0.3) is 5.91 Å². The summed E-state index contributed by atoms with van der Waals surface area (Å²) in [5.41, 5.74) is 4.72. The number of benzene rings is 3. The van der Waals surface area contributed by atoms with Crippen LogP contribution in [0.25, 0.3) is 10.8 Å². The van der Waals surface area contributed by atoms with Crippen molar-refractivity contribution in [1.82, 2.24) is 10.2 Å². The predicted molar refractivity (Wildman–Crippen MR) is 123 cm³/mol. The normalized spacial score (nSPS) is 15.9. The standard InChI is InChI=1S/C27H28N2O2/c30-25(14-9-19-5-2-1-3-6-19)28-22-15-17-29(18-16-22)27(31)24-13-12-21-11-10-20-7-4-8-23(24)26(20)21/h1-8,12-13,22H,9-11,14-18H2,(H,28,30). The molecule has 0 bridgehead atoms. The highest BCUT2D eigenvalue weighted by molar-refractivity contribution is 6.09. The first-order valence-electron chi connectivity index (χ1n) is 11.3. The van der Waals surface area contributed by atoms with Crippen LogP contribution in [0.1, 0.15) is 46.3 Å². The van der Waals surface area contributed by atoms with Gasteiger partial charge >= 0.3 is 0 Å². The number of carbonyl (C=O) groups is 2. The van der Waals surface area contributed by atoms with E-state index in [1.807, 2.05) is 29.2 Å². The van der Waals surface area contributed by atoms with E-state index in [0.717, 1.165) is 43.1 Å². The van der Waals surface area contributed by atoms with Crippen LogP contribution in [0, 0.1) is 0 Å². The third-order valence-electron chi connectivity index (χ3n) is 6.74. The number of likely N-dealkylation sites (tertiary alicyclic amines) is 1. The van der Waals surface area contributed by atoms with Crippen molar-refractivity contribution >= 4 is 22.6 Å². The van der Waals surface area contributed by atoms with E-state index in [1.54, 1.807) is 0 Å². The number of piperidine rings is 1. The van der Waals surface area contributed by atoms with Crippen LogP contribution in [-0.4, -0.2) is 35.8 Å². The molecule has 0 aromatic heterocycles. The molecule has 1 aliphatic heterocycles. The summed E-state index contributed by atoms with van der Waals surface area (Å²) in [4.78, 5) is 27.6. The summed E-state index contributed by atoms with van der Waals surface area (Å²) in [7, 11) is 0. The average Bonchev–Trinajstić information content (AvgIpc) is 3.24. The number of carbonyl (C=O) groups excluding carboxylic acids is 2. The molecule has 158 valence electrons. The Morgan fingerprint density at radius 3 is 2.39 bits per heavy atom. The molecule has 0 atom stereocenters. The smallest absolute Gasteiger partial charge is 0.254 e. The Balaban J connectivity index is 1.18. The summed E-state index contributed by atoms with van der Waals surface area (Å²) < 4.78 is 0. The van der Waals surface area contributed by atoms with Crippen molar-refractivity contribution < 1.29 is 9.59 Å². The molecule has 1 N–H and O–H groups in total. The largest absolute Gasteiger partial charge is 0.353 e. The monoisotopic (exact) mass is 412 g/mol. The molecular weight excluding hydrogens is 384 g/mol. The molecule has 1 fully saturated rings. The Morgan fingerprint density at radius 2 is 1.61 bits per heavy atom. The van der Waals surface area contributed by atoms with Gasteiger partial charge in [0.15, 0.2) is 0 Å². The lowest BCUT2D eigenvalue weighted by atomic mass is 9.98. The van der Waals surface area contributed by atoms with E-state index in [9.17, 15) is 9.59 Å². The van der Waals surface area contributed by atoms with Crippen molar-refractivity contribution in [3.8, 4) is 0 Å². The minimum absolute atomic E-state index is 0.0983. The van der Waals surface area contributed by atoms with E-state index in [4.69, 9.17) is 0 Å². The van der Waals surface area contributed by atoms with Crippen LogP contribution in [0.2, 0.25) is 0 Å². The van der Waals surface area contributed by atoms with Crippen LogP contribution in [0.15, 0.2) is 60.7 Å². The molecule has 0 unspecified atom stereocenters. The molecule has 31 heavy (non-hydrogen) atoms. The zero-order valence-corrected chi connectivity index (χ0v) is 17.8. The van der Waals surface area contributed by atoms with E-state index < -0.39 is 0 Å². The van der Waals surface area contributed by atoms with Crippen molar-refractivity contribution in [3.05, 3.63) is 82.9 Å². The fourth-order valence-corrected chi connectivity index (χ4v) is 5.03. The molecule has 3 aromatic rings. The summed E-state index contributed by atoms with van der Waals surface area (Å²) in [6.45, 7) is 1.37. The van der Waals surface area contributed by atoms with Crippen LogP contribution < -0.4 is 5.32 Å². The summed E-state index contributed by atoms with van der Waals surface area (Å²) >= 11 is 0. The molecule has 3 aromatic carbocycles. The maximum atomic E-state index is 13.3. The van der Waals surface area contributed by atoms with Crippen molar-refractivity contribution in [2.24, 2.45) is 0 Å². The summed E-state index contributed by atoms with van der Waals surface area (Å²) in [6.07, 6.45) is 5.02. The van der Waals surface area contributed by atoms with Crippen molar-refractivity contribution in [2.45, 2.75) is 44.6 Å². The van der Waals surface area contributed by atoms with Gasteiger partial charge in [-0.15, -0.1) is 0 Å². The van der Waals surface area contributed by atoms with E-state index in [0.29, 0.717) is 19.5 Å². The number of nitrogens with one attached hydrogen (secondary N) is 1. The van der Waals surface area contributed by atoms with E-state index in [1.165, 1.54) is 22.1 Å². The first-order valence-corrected chi connectivity index (χ1v) is 11.3. The molecular formula is C27H28N2O2. The van der Waals surface area contributed by atoms with Crippen LogP contribution in [0.3, 0.4) is 0 Å². The fourth-order valence-electron chi connectivity index (χ4n) is 5.03. The second kappa shape index (κ2) is 8.54. The molecule has 2 amide bonds. The number of nitrogens with zero attached hydrogens (tertiary/aromatic N) is 1. The van der Waals surface area contributed by atoms with Crippen LogP contribution in [0.4, 0.5) is 0 Å². The summed E-state index contributed by atoms with van der Waals surface area (Å²) in [5.74, 6) is 0.214. The Labute approximate surface area is 183 Å². The average molecular weight is 413 g/mol. The van der Waals surface area contributed by atoms with Gasteiger partial charge in [0, 0.05) is 31.1 Å². The number of amides is 2. The molecule has 0 radical (unpaired) electrons. The maximum absolute atomic E-state index is 13.3. The SMILES string of the molecule is O=C(CCc1ccccc1)NC1CCN(C(=O)c2ccc3c4c(cccc24)CC3)CC1. The zero-order chi connectivity index (χ0) is 21.2. The quantitative estimate of drug-likeness (QED) is 0.680. The third-order valence-corrected chi connectivity index (χ3v) is 6.74. The molecule has 1 aliphatic carbocycles. The molecule has 1 heterocycles. The number of aryl methyl sites for hydroxylation is 3. The van der Waals surface area contributed by atoms with Gasteiger partial charge < -0.3 is 10.2 Å². The van der Waals surface area contributed by atoms with Crippen molar-refractivity contribution in [1.29, 1.82) is 0 Å². The minimum Gasteiger partial charge on any atom is -0.353 e. The molecule has 2 aliphatic rings. The highest BCUT2D eigenvalue weighted by Crippen LogP contribution is 2.33. The zero-order valence-electron chi connectivity index (χ0n) is 17.8. The molecule has 1 saturated heterocycles. The van der Waals surface area contributed by atoms with Gasteiger partial charge in [0.1, 0.15) is 0 Å². The molecule has 5 rings (SSSR count). The van der Waals surface area contributed by atoms with Gasteiger partial charge in [-0.1, -0.05) is 54.6 Å². The fraction of sp³-hybridized carbons (Fsp3) is 0.333. The number of rotatable bonds is 5. The molecule has 4 heteroatoms. The van der Waals surface area contributed by atoms with Gasteiger partial charge in [-0.05, 0) is 65.6 Å². The third kappa shape index (κ3) is 4.07. The Hall–Kier alpha value is -3.14. The van der Waals surface area contributed by atoms with Gasteiger partial charge in [-0.2, -0.15) is 0 Å². The van der Waals surface area contributed by atoms with Gasteiger partial charge in [0.05, 0.1) is 0 Å². The number of hydrogen-bond acceptors (Lipinski definition) is 2.